The minimum Gasteiger partial charge on any atom is -0.393 e. The minimum atomic E-state index is -0.722. The van der Waals surface area contributed by atoms with Crippen LogP contribution in [0.1, 0.15) is 72.6 Å². The zero-order valence-corrected chi connectivity index (χ0v) is 19.2. The van der Waals surface area contributed by atoms with Crippen LogP contribution in [0.15, 0.2) is 34.9 Å². The lowest BCUT2D eigenvalue weighted by atomic mass is 9.50. The first-order valence-corrected chi connectivity index (χ1v) is 11.9. The van der Waals surface area contributed by atoms with E-state index in [-0.39, 0.29) is 10.8 Å². The van der Waals surface area contributed by atoms with Crippen molar-refractivity contribution in [2.75, 3.05) is 13.2 Å². The Morgan fingerprint density at radius 2 is 1.87 bits per heavy atom. The maximum atomic E-state index is 11.0. The molecule has 2 saturated carbocycles. The highest BCUT2D eigenvalue weighted by Gasteiger charge is 2.56. The molecule has 0 aliphatic heterocycles. The Morgan fingerprint density at radius 1 is 1.13 bits per heavy atom. The van der Waals surface area contributed by atoms with Gasteiger partial charge in [0.05, 0.1) is 31.0 Å². The molecule has 4 nitrogen and oxygen atoms in total. The molecule has 0 aromatic carbocycles. The number of ether oxygens (including phenoxy) is 1. The summed E-state index contributed by atoms with van der Waals surface area (Å²) in [5.74, 6) is 0.816. The van der Waals surface area contributed by atoms with Gasteiger partial charge in [-0.3, -0.25) is 0 Å². The predicted octanol–water partition coefficient (Wildman–Crippen LogP) is 4.31. The van der Waals surface area contributed by atoms with Gasteiger partial charge >= 0.3 is 0 Å². The van der Waals surface area contributed by atoms with E-state index >= 15 is 0 Å². The van der Waals surface area contributed by atoms with E-state index in [1.54, 1.807) is 0 Å². The molecule has 2 fully saturated rings. The quantitative estimate of drug-likeness (QED) is 0.565. The van der Waals surface area contributed by atoms with Crippen LogP contribution >= 0.6 is 0 Å². The highest BCUT2D eigenvalue weighted by atomic mass is 16.5. The fraction of sp³-hybridized carbons (Fsp3) is 0.769. The second-order valence-corrected chi connectivity index (χ2v) is 10.7. The molecular formula is C26H40O4. The summed E-state index contributed by atoms with van der Waals surface area (Å²) in [5.41, 5.74) is 3.21. The summed E-state index contributed by atoms with van der Waals surface area (Å²) in [7, 11) is 0. The molecule has 0 amide bonds. The normalized spacial score (nSPS) is 40.7. The number of rotatable bonds is 6. The molecule has 3 N–H and O–H groups in total. The lowest BCUT2D eigenvalue weighted by molar-refractivity contribution is -0.0545. The Labute approximate surface area is 181 Å². The monoisotopic (exact) mass is 416 g/mol. The highest BCUT2D eigenvalue weighted by Crippen LogP contribution is 2.63. The summed E-state index contributed by atoms with van der Waals surface area (Å²) in [4.78, 5) is 0. The van der Waals surface area contributed by atoms with Crippen molar-refractivity contribution in [3.8, 4) is 0 Å². The van der Waals surface area contributed by atoms with E-state index in [9.17, 15) is 15.3 Å². The van der Waals surface area contributed by atoms with Crippen LogP contribution in [-0.4, -0.2) is 46.3 Å². The topological polar surface area (TPSA) is 69.9 Å². The Bertz CT molecular complexity index is 761. The van der Waals surface area contributed by atoms with Crippen molar-refractivity contribution in [1.29, 1.82) is 0 Å². The molecule has 6 atom stereocenters. The summed E-state index contributed by atoms with van der Waals surface area (Å²) in [6.07, 6.45) is 11.7. The predicted molar refractivity (Wildman–Crippen MR) is 119 cm³/mol. The lowest BCUT2D eigenvalue weighted by Crippen LogP contribution is -2.52. The SMILES string of the molecule is CCC(O)(CC)COCC1=CC[C@H]2C3=CC=C4C[C@@H](O)C[C@H](O)[C@]4(C)[C@H]3CC[C@]12C. The van der Waals surface area contributed by atoms with E-state index in [2.05, 4.69) is 32.1 Å². The van der Waals surface area contributed by atoms with E-state index in [0.29, 0.717) is 50.7 Å². The van der Waals surface area contributed by atoms with Crippen molar-refractivity contribution in [2.24, 2.45) is 22.7 Å². The maximum Gasteiger partial charge on any atom is 0.0875 e. The van der Waals surface area contributed by atoms with Crippen molar-refractivity contribution in [2.45, 2.75) is 90.4 Å². The highest BCUT2D eigenvalue weighted by molar-refractivity contribution is 5.43. The first-order valence-electron chi connectivity index (χ1n) is 11.9. The molecule has 168 valence electrons. The van der Waals surface area contributed by atoms with Gasteiger partial charge in [0.15, 0.2) is 0 Å². The molecule has 4 aliphatic carbocycles. The van der Waals surface area contributed by atoms with Gasteiger partial charge in [-0.05, 0) is 61.3 Å². The summed E-state index contributed by atoms with van der Waals surface area (Å²) < 4.78 is 6.03. The van der Waals surface area contributed by atoms with Crippen LogP contribution in [0.3, 0.4) is 0 Å². The van der Waals surface area contributed by atoms with Crippen molar-refractivity contribution >= 4 is 0 Å². The molecule has 0 bridgehead atoms. The molecule has 4 heteroatoms. The number of hydrogen-bond donors (Lipinski definition) is 3. The molecular weight excluding hydrogens is 376 g/mol. The standard InChI is InChI=1S/C26H40O4/c1-5-26(29,6-2)16-30-15-18-8-10-21-20-9-7-17-13-19(27)14-23(28)25(17,4)22(20)11-12-24(18,21)3/h7-9,19,21-23,27-29H,5-6,10-16H2,1-4H3/t19-,21+,22+,23+,24-,25+/m1/s1. The van der Waals surface area contributed by atoms with E-state index in [4.69, 9.17) is 4.74 Å². The van der Waals surface area contributed by atoms with Gasteiger partial charge in [-0.2, -0.15) is 0 Å². The van der Waals surface area contributed by atoms with E-state index in [1.807, 2.05) is 13.8 Å². The van der Waals surface area contributed by atoms with Gasteiger partial charge in [0.25, 0.3) is 0 Å². The lowest BCUT2D eigenvalue weighted by Gasteiger charge is -2.56. The molecule has 0 unspecified atom stereocenters. The number of aliphatic hydroxyl groups is 3. The van der Waals surface area contributed by atoms with Gasteiger partial charge in [0, 0.05) is 11.8 Å². The van der Waals surface area contributed by atoms with E-state index < -0.39 is 17.8 Å². The van der Waals surface area contributed by atoms with Gasteiger partial charge < -0.3 is 20.1 Å². The summed E-state index contributed by atoms with van der Waals surface area (Å²) in [6.45, 7) is 9.61. The summed E-state index contributed by atoms with van der Waals surface area (Å²) >= 11 is 0. The van der Waals surface area contributed by atoms with E-state index in [1.165, 1.54) is 16.7 Å². The first-order chi connectivity index (χ1) is 14.2. The average molecular weight is 417 g/mol. The fourth-order valence-corrected chi connectivity index (χ4v) is 6.75. The number of hydrogen-bond acceptors (Lipinski definition) is 4. The second-order valence-electron chi connectivity index (χ2n) is 10.7. The van der Waals surface area contributed by atoms with Gasteiger partial charge in [-0.15, -0.1) is 0 Å². The van der Waals surface area contributed by atoms with Gasteiger partial charge in [-0.1, -0.05) is 57.1 Å². The fourth-order valence-electron chi connectivity index (χ4n) is 6.75. The summed E-state index contributed by atoms with van der Waals surface area (Å²) in [5, 5.41) is 31.7. The Morgan fingerprint density at radius 3 is 2.57 bits per heavy atom. The number of fused-ring (bicyclic) bond motifs is 5. The Kier molecular flexibility index (Phi) is 5.85. The molecule has 4 aliphatic rings. The molecule has 30 heavy (non-hydrogen) atoms. The molecule has 4 rings (SSSR count). The molecule has 0 saturated heterocycles. The largest absolute Gasteiger partial charge is 0.393 e. The van der Waals surface area contributed by atoms with Crippen molar-refractivity contribution in [3.63, 3.8) is 0 Å². The Balaban J connectivity index is 1.52. The van der Waals surface area contributed by atoms with Crippen LogP contribution in [0.2, 0.25) is 0 Å². The van der Waals surface area contributed by atoms with Crippen LogP contribution in [0.25, 0.3) is 0 Å². The zero-order valence-electron chi connectivity index (χ0n) is 19.2. The van der Waals surface area contributed by atoms with Gasteiger partial charge in [-0.25, -0.2) is 0 Å². The molecule has 0 radical (unpaired) electrons. The van der Waals surface area contributed by atoms with Crippen molar-refractivity contribution in [1.82, 2.24) is 0 Å². The van der Waals surface area contributed by atoms with Crippen LogP contribution in [0.5, 0.6) is 0 Å². The summed E-state index contributed by atoms with van der Waals surface area (Å²) in [6, 6.07) is 0. The smallest absolute Gasteiger partial charge is 0.0875 e. The third-order valence-corrected chi connectivity index (χ3v) is 9.34. The van der Waals surface area contributed by atoms with Crippen molar-refractivity contribution < 1.29 is 20.1 Å². The number of aliphatic hydroxyl groups excluding tert-OH is 2. The Hall–Kier alpha value is -0.940. The number of allylic oxidation sites excluding steroid dienone is 4. The molecule has 0 spiro atoms. The first kappa shape index (κ1) is 22.3. The van der Waals surface area contributed by atoms with Crippen molar-refractivity contribution in [3.05, 3.63) is 34.9 Å². The molecule has 0 aromatic heterocycles. The zero-order chi connectivity index (χ0) is 21.7. The van der Waals surface area contributed by atoms with E-state index in [0.717, 1.165) is 19.3 Å². The third kappa shape index (κ3) is 3.35. The second kappa shape index (κ2) is 7.88. The van der Waals surface area contributed by atoms with Gasteiger partial charge in [0.1, 0.15) is 0 Å². The maximum absolute atomic E-state index is 11.0. The van der Waals surface area contributed by atoms with Gasteiger partial charge in [0.2, 0.25) is 0 Å². The van der Waals surface area contributed by atoms with Crippen LogP contribution in [-0.2, 0) is 4.74 Å². The molecule has 0 heterocycles. The minimum absolute atomic E-state index is 0.0969. The average Bonchev–Trinajstić information content (AvgIpc) is 3.05. The third-order valence-electron chi connectivity index (χ3n) is 9.34. The van der Waals surface area contributed by atoms with Crippen LogP contribution < -0.4 is 0 Å². The van der Waals surface area contributed by atoms with Crippen LogP contribution in [0, 0.1) is 22.7 Å². The van der Waals surface area contributed by atoms with Crippen LogP contribution in [0.4, 0.5) is 0 Å². The molecule has 0 aromatic rings.